The molecule has 29 heavy (non-hydrogen) atoms. The van der Waals surface area contributed by atoms with Crippen LogP contribution in [0.3, 0.4) is 0 Å². The molecule has 1 aliphatic carbocycles. The zero-order valence-electron chi connectivity index (χ0n) is 16.7. The van der Waals surface area contributed by atoms with Crippen LogP contribution in [0, 0.1) is 0 Å². The lowest BCUT2D eigenvalue weighted by atomic mass is 9.96. The molecule has 2 fully saturated rings. The van der Waals surface area contributed by atoms with Crippen molar-refractivity contribution in [3.05, 3.63) is 36.8 Å². The summed E-state index contributed by atoms with van der Waals surface area (Å²) < 4.78 is 6.80. The van der Waals surface area contributed by atoms with E-state index in [1.54, 1.807) is 16.9 Å². The van der Waals surface area contributed by atoms with E-state index < -0.39 is 0 Å². The maximum atomic E-state index is 5.55. The second-order valence-corrected chi connectivity index (χ2v) is 7.64. The second-order valence-electron chi connectivity index (χ2n) is 7.64. The Morgan fingerprint density at radius 1 is 0.931 bits per heavy atom. The van der Waals surface area contributed by atoms with Gasteiger partial charge in [0.05, 0.1) is 17.6 Å². The van der Waals surface area contributed by atoms with E-state index in [-0.39, 0.29) is 0 Å². The molecular weight excluding hydrogens is 366 g/mol. The summed E-state index contributed by atoms with van der Waals surface area (Å²) in [5, 5.41) is 7.61. The zero-order valence-corrected chi connectivity index (χ0v) is 16.7. The Labute approximate surface area is 170 Å². The Bertz CT molecular complexity index is 901. The molecule has 3 aromatic heterocycles. The molecule has 0 aromatic carbocycles. The molecule has 1 aliphatic heterocycles. The van der Waals surface area contributed by atoms with Gasteiger partial charge in [0.2, 0.25) is 5.95 Å². The van der Waals surface area contributed by atoms with Crippen LogP contribution in [0.4, 0.5) is 5.95 Å². The molecule has 3 N–H and O–H groups in total. The first kappa shape index (κ1) is 19.7. The predicted octanol–water partition coefficient (Wildman–Crippen LogP) is 3.06. The van der Waals surface area contributed by atoms with Gasteiger partial charge in [0.1, 0.15) is 0 Å². The number of hydrogen-bond acceptors (Lipinski definition) is 7. The summed E-state index contributed by atoms with van der Waals surface area (Å²) in [7, 11) is 0. The molecule has 0 bridgehead atoms. The SMILES string of the molecule is NC1CCOCC1.c1cc(-c2ccn3nccc3n2)nc(NC2CCCCC2)n1. The summed E-state index contributed by atoms with van der Waals surface area (Å²) in [6.07, 6.45) is 13.8. The van der Waals surface area contributed by atoms with Crippen LogP contribution in [0.25, 0.3) is 17.0 Å². The first-order valence-electron chi connectivity index (χ1n) is 10.5. The van der Waals surface area contributed by atoms with Crippen LogP contribution in [0.15, 0.2) is 36.8 Å². The summed E-state index contributed by atoms with van der Waals surface area (Å²) in [5.74, 6) is 0.694. The van der Waals surface area contributed by atoms with Gasteiger partial charge in [-0.2, -0.15) is 5.10 Å². The van der Waals surface area contributed by atoms with Gasteiger partial charge in [-0.15, -0.1) is 0 Å². The highest BCUT2D eigenvalue weighted by Crippen LogP contribution is 2.21. The van der Waals surface area contributed by atoms with Crippen molar-refractivity contribution in [3.8, 4) is 11.4 Å². The fourth-order valence-corrected chi connectivity index (χ4v) is 3.67. The summed E-state index contributed by atoms with van der Waals surface area (Å²) in [6.45, 7) is 1.72. The highest BCUT2D eigenvalue weighted by molar-refractivity contribution is 5.58. The number of nitrogens with one attached hydrogen (secondary N) is 1. The normalized spacial score (nSPS) is 18.2. The monoisotopic (exact) mass is 395 g/mol. The van der Waals surface area contributed by atoms with Crippen molar-refractivity contribution in [2.45, 2.75) is 57.0 Å². The number of ether oxygens (including phenoxy) is 1. The molecular formula is C21H29N7O. The summed E-state index contributed by atoms with van der Waals surface area (Å²) in [5.41, 5.74) is 8.04. The van der Waals surface area contributed by atoms with Gasteiger partial charge in [0.15, 0.2) is 5.65 Å². The molecule has 0 unspecified atom stereocenters. The third-order valence-electron chi connectivity index (χ3n) is 5.38. The first-order chi connectivity index (χ1) is 14.3. The van der Waals surface area contributed by atoms with Crippen LogP contribution >= 0.6 is 0 Å². The number of anilines is 1. The largest absolute Gasteiger partial charge is 0.381 e. The van der Waals surface area contributed by atoms with Crippen LogP contribution in [0.5, 0.6) is 0 Å². The van der Waals surface area contributed by atoms with Crippen molar-refractivity contribution in [1.29, 1.82) is 0 Å². The standard InChI is InChI=1S/C16H18N6.C5H11NO/c1-2-4-12(5-3-1)19-16-17-9-6-13(21-16)14-8-11-22-15(20-14)7-10-18-22;6-5-1-3-7-4-2-5/h6-12H,1-5H2,(H,17,19,21);5H,1-4,6H2. The van der Waals surface area contributed by atoms with Gasteiger partial charge in [-0.25, -0.2) is 19.5 Å². The highest BCUT2D eigenvalue weighted by atomic mass is 16.5. The number of fused-ring (bicyclic) bond motifs is 1. The molecule has 8 heteroatoms. The Morgan fingerprint density at radius 3 is 2.48 bits per heavy atom. The van der Waals surface area contributed by atoms with E-state index in [4.69, 9.17) is 10.5 Å². The molecule has 3 aromatic rings. The maximum Gasteiger partial charge on any atom is 0.223 e. The van der Waals surface area contributed by atoms with E-state index in [0.717, 1.165) is 43.1 Å². The van der Waals surface area contributed by atoms with Crippen molar-refractivity contribution in [1.82, 2.24) is 24.6 Å². The Kier molecular flexibility index (Phi) is 6.63. The van der Waals surface area contributed by atoms with Gasteiger partial charge >= 0.3 is 0 Å². The van der Waals surface area contributed by atoms with Crippen molar-refractivity contribution in [3.63, 3.8) is 0 Å². The lowest BCUT2D eigenvalue weighted by Crippen LogP contribution is -2.28. The summed E-state index contributed by atoms with van der Waals surface area (Å²) in [4.78, 5) is 13.5. The van der Waals surface area contributed by atoms with E-state index in [0.29, 0.717) is 18.0 Å². The lowest BCUT2D eigenvalue weighted by molar-refractivity contribution is 0.0866. The quantitative estimate of drug-likeness (QED) is 0.702. The molecule has 1 saturated carbocycles. The third-order valence-corrected chi connectivity index (χ3v) is 5.38. The zero-order chi connectivity index (χ0) is 19.9. The van der Waals surface area contributed by atoms with Crippen molar-refractivity contribution >= 4 is 11.6 Å². The fourth-order valence-electron chi connectivity index (χ4n) is 3.67. The fraction of sp³-hybridized carbons (Fsp3) is 0.524. The van der Waals surface area contributed by atoms with Crippen molar-refractivity contribution in [2.75, 3.05) is 18.5 Å². The Morgan fingerprint density at radius 2 is 1.72 bits per heavy atom. The number of aromatic nitrogens is 5. The molecule has 5 rings (SSSR count). The molecule has 0 amide bonds. The topological polar surface area (TPSA) is 103 Å². The maximum absolute atomic E-state index is 5.55. The third kappa shape index (κ3) is 5.48. The van der Waals surface area contributed by atoms with Crippen molar-refractivity contribution < 1.29 is 4.74 Å². The minimum absolute atomic E-state index is 0.411. The summed E-state index contributed by atoms with van der Waals surface area (Å²) in [6, 6.07) is 6.60. The van der Waals surface area contributed by atoms with E-state index in [1.807, 2.05) is 24.4 Å². The van der Waals surface area contributed by atoms with E-state index >= 15 is 0 Å². The van der Waals surface area contributed by atoms with Crippen molar-refractivity contribution in [2.24, 2.45) is 5.73 Å². The Hall–Kier alpha value is -2.58. The number of rotatable bonds is 3. The van der Waals surface area contributed by atoms with Crippen LogP contribution in [0.2, 0.25) is 0 Å². The second kappa shape index (κ2) is 9.76. The van der Waals surface area contributed by atoms with Gasteiger partial charge in [-0.1, -0.05) is 19.3 Å². The average molecular weight is 396 g/mol. The minimum Gasteiger partial charge on any atom is -0.381 e. The lowest BCUT2D eigenvalue weighted by Gasteiger charge is -2.22. The molecule has 154 valence electrons. The molecule has 0 radical (unpaired) electrons. The van der Waals surface area contributed by atoms with E-state index in [2.05, 4.69) is 25.4 Å². The number of nitrogens with zero attached hydrogens (tertiary/aromatic N) is 5. The van der Waals surface area contributed by atoms with E-state index in [1.165, 1.54) is 32.1 Å². The average Bonchev–Trinajstić information content (AvgIpc) is 3.24. The molecule has 2 aliphatic rings. The Balaban J connectivity index is 0.000000249. The summed E-state index contributed by atoms with van der Waals surface area (Å²) >= 11 is 0. The molecule has 0 spiro atoms. The van der Waals surface area contributed by atoms with Gasteiger partial charge in [-0.05, 0) is 37.8 Å². The van der Waals surface area contributed by atoms with E-state index in [9.17, 15) is 0 Å². The van der Waals surface area contributed by atoms with Crippen LogP contribution in [-0.2, 0) is 4.74 Å². The van der Waals surface area contributed by atoms with Crippen LogP contribution in [-0.4, -0.2) is 49.9 Å². The molecule has 8 nitrogen and oxygen atoms in total. The van der Waals surface area contributed by atoms with Crippen LogP contribution < -0.4 is 11.1 Å². The van der Waals surface area contributed by atoms with Crippen LogP contribution in [0.1, 0.15) is 44.9 Å². The molecule has 0 atom stereocenters. The van der Waals surface area contributed by atoms with Gasteiger partial charge in [0, 0.05) is 43.8 Å². The smallest absolute Gasteiger partial charge is 0.223 e. The molecule has 4 heterocycles. The molecule has 1 saturated heterocycles. The van der Waals surface area contributed by atoms with Gasteiger partial charge < -0.3 is 15.8 Å². The minimum atomic E-state index is 0.411. The highest BCUT2D eigenvalue weighted by Gasteiger charge is 2.14. The number of nitrogens with two attached hydrogens (primary N) is 1. The first-order valence-corrected chi connectivity index (χ1v) is 10.5. The van der Waals surface area contributed by atoms with Gasteiger partial charge in [-0.3, -0.25) is 0 Å². The predicted molar refractivity (Wildman–Crippen MR) is 113 cm³/mol. The van der Waals surface area contributed by atoms with Gasteiger partial charge in [0.25, 0.3) is 0 Å². The number of hydrogen-bond donors (Lipinski definition) is 2.